The van der Waals surface area contributed by atoms with E-state index >= 15 is 0 Å². The summed E-state index contributed by atoms with van der Waals surface area (Å²) >= 11 is 0. The standard InChI is InChI=1S/C18H18N2O3/c1-3-12-6-4-5-11(2)17(12)20-18(22)13-7-8-15-14(9-13)19-16(21)10-23-15/h4-9H,3,10H2,1-2H3,(H,19,21)(H,20,22). The zero-order chi connectivity index (χ0) is 16.4. The topological polar surface area (TPSA) is 67.4 Å². The zero-order valence-corrected chi connectivity index (χ0v) is 13.1. The van der Waals surface area contributed by atoms with Gasteiger partial charge in [0.15, 0.2) is 6.61 Å². The quantitative estimate of drug-likeness (QED) is 0.915. The molecule has 0 spiro atoms. The predicted molar refractivity (Wildman–Crippen MR) is 89.1 cm³/mol. The van der Waals surface area contributed by atoms with E-state index in [4.69, 9.17) is 4.74 Å². The molecule has 0 saturated carbocycles. The van der Waals surface area contributed by atoms with Crippen molar-refractivity contribution in [1.29, 1.82) is 0 Å². The van der Waals surface area contributed by atoms with E-state index in [-0.39, 0.29) is 18.4 Å². The summed E-state index contributed by atoms with van der Waals surface area (Å²) in [5.41, 5.74) is 3.95. The number of rotatable bonds is 3. The molecule has 0 aliphatic carbocycles. The first-order chi connectivity index (χ1) is 11.1. The van der Waals surface area contributed by atoms with Crippen molar-refractivity contribution in [3.8, 4) is 5.75 Å². The average molecular weight is 310 g/mol. The Morgan fingerprint density at radius 2 is 2.13 bits per heavy atom. The van der Waals surface area contributed by atoms with Gasteiger partial charge in [-0.25, -0.2) is 0 Å². The van der Waals surface area contributed by atoms with Crippen LogP contribution < -0.4 is 15.4 Å². The SMILES string of the molecule is CCc1cccc(C)c1NC(=O)c1ccc2c(c1)NC(=O)CO2. The fraction of sp³-hybridized carbons (Fsp3) is 0.222. The lowest BCUT2D eigenvalue weighted by Crippen LogP contribution is -2.25. The van der Waals surface area contributed by atoms with Gasteiger partial charge in [-0.05, 0) is 42.7 Å². The van der Waals surface area contributed by atoms with Crippen molar-refractivity contribution in [3.05, 3.63) is 53.1 Å². The Morgan fingerprint density at radius 3 is 2.91 bits per heavy atom. The smallest absolute Gasteiger partial charge is 0.262 e. The van der Waals surface area contributed by atoms with Gasteiger partial charge in [0.1, 0.15) is 5.75 Å². The Hall–Kier alpha value is -2.82. The van der Waals surface area contributed by atoms with E-state index in [0.717, 1.165) is 23.2 Å². The minimum atomic E-state index is -0.220. The van der Waals surface area contributed by atoms with Crippen molar-refractivity contribution >= 4 is 23.2 Å². The molecule has 0 saturated heterocycles. The number of benzene rings is 2. The maximum absolute atomic E-state index is 12.5. The highest BCUT2D eigenvalue weighted by Crippen LogP contribution is 2.29. The lowest BCUT2D eigenvalue weighted by molar-refractivity contribution is -0.118. The second-order valence-corrected chi connectivity index (χ2v) is 5.46. The lowest BCUT2D eigenvalue weighted by Gasteiger charge is -2.19. The van der Waals surface area contributed by atoms with Crippen molar-refractivity contribution in [2.24, 2.45) is 0 Å². The number of nitrogens with one attached hydrogen (secondary N) is 2. The van der Waals surface area contributed by atoms with E-state index < -0.39 is 0 Å². The summed E-state index contributed by atoms with van der Waals surface area (Å²) < 4.78 is 5.30. The Morgan fingerprint density at radius 1 is 1.30 bits per heavy atom. The van der Waals surface area contributed by atoms with Crippen molar-refractivity contribution in [3.63, 3.8) is 0 Å². The number of anilines is 2. The van der Waals surface area contributed by atoms with Gasteiger partial charge in [-0.2, -0.15) is 0 Å². The average Bonchev–Trinajstić information content (AvgIpc) is 2.55. The first-order valence-corrected chi connectivity index (χ1v) is 7.55. The molecule has 2 amide bonds. The fourth-order valence-corrected chi connectivity index (χ4v) is 2.61. The summed E-state index contributed by atoms with van der Waals surface area (Å²) in [7, 11) is 0. The van der Waals surface area contributed by atoms with Gasteiger partial charge >= 0.3 is 0 Å². The molecule has 0 unspecified atom stereocenters. The summed E-state index contributed by atoms with van der Waals surface area (Å²) in [6.45, 7) is 4.02. The maximum atomic E-state index is 12.5. The van der Waals surface area contributed by atoms with Crippen molar-refractivity contribution in [2.75, 3.05) is 17.2 Å². The van der Waals surface area contributed by atoms with Crippen LogP contribution >= 0.6 is 0 Å². The van der Waals surface area contributed by atoms with Crippen LogP contribution in [-0.4, -0.2) is 18.4 Å². The van der Waals surface area contributed by atoms with Gasteiger partial charge in [-0.15, -0.1) is 0 Å². The second kappa shape index (κ2) is 6.12. The summed E-state index contributed by atoms with van der Waals surface area (Å²) in [6, 6.07) is 11.0. The van der Waals surface area contributed by atoms with Crippen LogP contribution in [0.25, 0.3) is 0 Å². The third-order valence-corrected chi connectivity index (χ3v) is 3.85. The molecule has 2 N–H and O–H groups in total. The fourth-order valence-electron chi connectivity index (χ4n) is 2.61. The molecule has 0 aromatic heterocycles. The summed E-state index contributed by atoms with van der Waals surface area (Å²) in [4.78, 5) is 23.9. The number of ether oxygens (including phenoxy) is 1. The van der Waals surface area contributed by atoms with Crippen LogP contribution in [0.15, 0.2) is 36.4 Å². The molecule has 1 aliphatic rings. The summed E-state index contributed by atoms with van der Waals surface area (Å²) in [5.74, 6) is 0.144. The molecule has 0 bridgehead atoms. The molecular weight excluding hydrogens is 292 g/mol. The Labute approximate surface area is 134 Å². The molecule has 2 aromatic carbocycles. The van der Waals surface area contributed by atoms with Gasteiger partial charge in [0, 0.05) is 11.3 Å². The lowest BCUT2D eigenvalue weighted by atomic mass is 10.1. The van der Waals surface area contributed by atoms with Crippen LogP contribution in [0.4, 0.5) is 11.4 Å². The summed E-state index contributed by atoms with van der Waals surface area (Å²) in [6.07, 6.45) is 0.839. The van der Waals surface area contributed by atoms with Gasteiger partial charge in [0.2, 0.25) is 0 Å². The molecule has 3 rings (SSSR count). The minimum Gasteiger partial charge on any atom is -0.482 e. The monoisotopic (exact) mass is 310 g/mol. The van der Waals surface area contributed by atoms with Gasteiger partial charge in [-0.1, -0.05) is 25.1 Å². The van der Waals surface area contributed by atoms with Crippen LogP contribution in [0.5, 0.6) is 5.75 Å². The van der Waals surface area contributed by atoms with Crippen molar-refractivity contribution in [1.82, 2.24) is 0 Å². The molecule has 2 aromatic rings. The highest BCUT2D eigenvalue weighted by molar-refractivity contribution is 6.06. The molecule has 0 radical (unpaired) electrons. The van der Waals surface area contributed by atoms with E-state index in [1.165, 1.54) is 0 Å². The second-order valence-electron chi connectivity index (χ2n) is 5.46. The molecule has 23 heavy (non-hydrogen) atoms. The number of carbonyl (C=O) groups is 2. The molecule has 5 heteroatoms. The van der Waals surface area contributed by atoms with Gasteiger partial charge in [0.05, 0.1) is 5.69 Å². The van der Waals surface area contributed by atoms with Crippen LogP contribution in [-0.2, 0) is 11.2 Å². The van der Waals surface area contributed by atoms with Crippen LogP contribution in [0.1, 0.15) is 28.4 Å². The number of hydrogen-bond donors (Lipinski definition) is 2. The number of carbonyl (C=O) groups excluding carboxylic acids is 2. The highest BCUT2D eigenvalue weighted by Gasteiger charge is 2.18. The summed E-state index contributed by atoms with van der Waals surface area (Å²) in [5, 5.41) is 5.68. The molecule has 1 aliphatic heterocycles. The van der Waals surface area contributed by atoms with E-state index in [2.05, 4.69) is 17.6 Å². The largest absolute Gasteiger partial charge is 0.482 e. The molecule has 118 valence electrons. The highest BCUT2D eigenvalue weighted by atomic mass is 16.5. The number of amides is 2. The zero-order valence-electron chi connectivity index (χ0n) is 13.1. The van der Waals surface area contributed by atoms with E-state index in [1.54, 1.807) is 18.2 Å². The number of hydrogen-bond acceptors (Lipinski definition) is 3. The number of para-hydroxylation sites is 1. The molecule has 0 atom stereocenters. The van der Waals surface area contributed by atoms with Gasteiger partial charge in [-0.3, -0.25) is 9.59 Å². The molecule has 5 nitrogen and oxygen atoms in total. The van der Waals surface area contributed by atoms with Crippen molar-refractivity contribution < 1.29 is 14.3 Å². The van der Waals surface area contributed by atoms with Crippen LogP contribution in [0, 0.1) is 6.92 Å². The number of fused-ring (bicyclic) bond motifs is 1. The Kier molecular flexibility index (Phi) is 4.02. The molecule has 0 fully saturated rings. The minimum absolute atomic E-state index is 0.00160. The third kappa shape index (κ3) is 3.04. The van der Waals surface area contributed by atoms with Crippen LogP contribution in [0.2, 0.25) is 0 Å². The van der Waals surface area contributed by atoms with Gasteiger partial charge < -0.3 is 15.4 Å². The third-order valence-electron chi connectivity index (χ3n) is 3.85. The maximum Gasteiger partial charge on any atom is 0.262 e. The van der Waals surface area contributed by atoms with Crippen molar-refractivity contribution in [2.45, 2.75) is 20.3 Å². The Balaban J connectivity index is 1.87. The van der Waals surface area contributed by atoms with E-state index in [0.29, 0.717) is 17.0 Å². The number of aryl methyl sites for hydroxylation is 2. The first-order valence-electron chi connectivity index (χ1n) is 7.55. The molecule has 1 heterocycles. The molecular formula is C18H18N2O3. The normalized spacial score (nSPS) is 12.9. The predicted octanol–water partition coefficient (Wildman–Crippen LogP) is 3.14. The van der Waals surface area contributed by atoms with E-state index in [9.17, 15) is 9.59 Å². The van der Waals surface area contributed by atoms with E-state index in [1.807, 2.05) is 25.1 Å². The first kappa shape index (κ1) is 15.1. The van der Waals surface area contributed by atoms with Crippen LogP contribution in [0.3, 0.4) is 0 Å². The van der Waals surface area contributed by atoms with Gasteiger partial charge in [0.25, 0.3) is 11.8 Å². The Bertz CT molecular complexity index is 784.